The summed E-state index contributed by atoms with van der Waals surface area (Å²) >= 11 is 3.27. The van der Waals surface area contributed by atoms with Crippen LogP contribution in [0.4, 0.5) is 0 Å². The average molecular weight is 249 g/mol. The molecule has 1 atom stereocenters. The van der Waals surface area contributed by atoms with Crippen molar-refractivity contribution in [2.45, 2.75) is 18.2 Å². The van der Waals surface area contributed by atoms with Crippen molar-refractivity contribution in [3.63, 3.8) is 0 Å². The molecule has 0 aromatic carbocycles. The van der Waals surface area contributed by atoms with Gasteiger partial charge in [0.1, 0.15) is 0 Å². The molecule has 0 aliphatic carbocycles. The van der Waals surface area contributed by atoms with Crippen molar-refractivity contribution in [3.05, 3.63) is 0 Å². The van der Waals surface area contributed by atoms with Gasteiger partial charge in [0.25, 0.3) is 0 Å². The molecule has 1 rings (SSSR count). The normalized spacial score (nSPS) is 19.5. The van der Waals surface area contributed by atoms with Crippen molar-refractivity contribution in [3.8, 4) is 0 Å². The molecule has 1 aliphatic heterocycles. The van der Waals surface area contributed by atoms with Gasteiger partial charge >= 0.3 is 0 Å². The Kier molecular flexibility index (Phi) is 3.71. The molecule has 1 fully saturated rings. The highest BCUT2D eigenvalue weighted by atomic mass is 79.9. The Labute approximate surface area is 85.8 Å². The molecule has 0 saturated carbocycles. The number of halogens is 1. The minimum Gasteiger partial charge on any atom is -0.353 e. The smallest absolute Gasteiger partial charge is 0.239 e. The van der Waals surface area contributed by atoms with Crippen molar-refractivity contribution in [1.82, 2.24) is 10.2 Å². The fraction of sp³-hybridized carbons (Fsp3) is 0.750. The third-order valence-electron chi connectivity index (χ3n) is 1.98. The Morgan fingerprint density at radius 2 is 2.46 bits per heavy atom. The van der Waals surface area contributed by atoms with Gasteiger partial charge < -0.3 is 10.2 Å². The molecular weight excluding hydrogens is 236 g/mol. The van der Waals surface area contributed by atoms with Crippen LogP contribution < -0.4 is 5.32 Å². The Bertz CT molecular complexity index is 220. The third-order valence-corrected chi connectivity index (χ3v) is 3.02. The number of hydrogen-bond acceptors (Lipinski definition) is 2. The van der Waals surface area contributed by atoms with Crippen LogP contribution in [0.15, 0.2) is 0 Å². The topological polar surface area (TPSA) is 49.4 Å². The summed E-state index contributed by atoms with van der Waals surface area (Å²) in [5.41, 5.74) is 0. The van der Waals surface area contributed by atoms with E-state index < -0.39 is 0 Å². The lowest BCUT2D eigenvalue weighted by atomic mass is 10.2. The average Bonchev–Trinajstić information content (AvgIpc) is 2.15. The molecule has 0 aromatic heterocycles. The summed E-state index contributed by atoms with van der Waals surface area (Å²) in [6, 6.07) is 0. The number of amides is 2. The molecule has 1 heterocycles. The molecule has 0 spiro atoms. The van der Waals surface area contributed by atoms with Crippen molar-refractivity contribution in [2.24, 2.45) is 0 Å². The second kappa shape index (κ2) is 4.60. The van der Waals surface area contributed by atoms with Crippen LogP contribution in [0.1, 0.15) is 13.3 Å². The van der Waals surface area contributed by atoms with Gasteiger partial charge in [-0.1, -0.05) is 22.9 Å². The van der Waals surface area contributed by atoms with Gasteiger partial charge in [0.15, 0.2) is 0 Å². The zero-order valence-electron chi connectivity index (χ0n) is 7.55. The second-order valence-corrected chi connectivity index (χ2v) is 4.09. The summed E-state index contributed by atoms with van der Waals surface area (Å²) in [5, 5.41) is 2.68. The molecule has 5 heteroatoms. The molecule has 74 valence electrons. The summed E-state index contributed by atoms with van der Waals surface area (Å²) in [5.74, 6) is -0.0623. The van der Waals surface area contributed by atoms with E-state index in [1.165, 1.54) is 0 Å². The minimum atomic E-state index is -0.154. The molecule has 1 unspecified atom stereocenters. The molecule has 13 heavy (non-hydrogen) atoms. The summed E-state index contributed by atoms with van der Waals surface area (Å²) in [6.07, 6.45) is 0.747. The van der Waals surface area contributed by atoms with Crippen molar-refractivity contribution in [1.29, 1.82) is 0 Å². The maximum absolute atomic E-state index is 11.6. The molecular formula is C8H13BrN2O2. The van der Waals surface area contributed by atoms with Crippen LogP contribution >= 0.6 is 15.9 Å². The lowest BCUT2D eigenvalue weighted by molar-refractivity contribution is -0.137. The first-order chi connectivity index (χ1) is 6.15. The summed E-state index contributed by atoms with van der Waals surface area (Å²) in [7, 11) is 0. The lowest BCUT2D eigenvalue weighted by Gasteiger charge is -2.28. The maximum atomic E-state index is 11.6. The van der Waals surface area contributed by atoms with E-state index in [9.17, 15) is 9.59 Å². The molecule has 1 saturated heterocycles. The number of alkyl halides is 1. The Morgan fingerprint density at radius 1 is 1.77 bits per heavy atom. The zero-order valence-corrected chi connectivity index (χ0v) is 9.13. The second-order valence-electron chi connectivity index (χ2n) is 2.99. The van der Waals surface area contributed by atoms with Crippen LogP contribution in [0, 0.1) is 0 Å². The predicted molar refractivity (Wildman–Crippen MR) is 52.6 cm³/mol. The predicted octanol–water partition coefficient (Wildman–Crippen LogP) is 0.118. The first-order valence-electron chi connectivity index (χ1n) is 4.34. The number of carbonyl (C=O) groups is 2. The summed E-state index contributed by atoms with van der Waals surface area (Å²) in [4.78, 5) is 24.0. The summed E-state index contributed by atoms with van der Waals surface area (Å²) in [6.45, 7) is 3.31. The van der Waals surface area contributed by atoms with Gasteiger partial charge in [0.2, 0.25) is 11.8 Å². The molecule has 1 N–H and O–H groups in total. The Balaban J connectivity index is 2.50. The lowest BCUT2D eigenvalue weighted by Crippen LogP contribution is -2.51. The third kappa shape index (κ3) is 2.69. The largest absolute Gasteiger partial charge is 0.353 e. The van der Waals surface area contributed by atoms with Gasteiger partial charge in [-0.05, 0) is 6.42 Å². The zero-order chi connectivity index (χ0) is 9.84. The number of hydrogen-bond donors (Lipinski definition) is 1. The fourth-order valence-corrected chi connectivity index (χ4v) is 1.49. The molecule has 0 radical (unpaired) electrons. The van der Waals surface area contributed by atoms with E-state index in [-0.39, 0.29) is 23.2 Å². The van der Waals surface area contributed by atoms with Gasteiger partial charge in [0, 0.05) is 13.1 Å². The van der Waals surface area contributed by atoms with Gasteiger partial charge in [-0.25, -0.2) is 0 Å². The SMILES string of the molecule is CCC(Br)C(=O)N1CCNC(=O)C1. The van der Waals surface area contributed by atoms with E-state index in [2.05, 4.69) is 21.2 Å². The Hall–Kier alpha value is -0.580. The monoisotopic (exact) mass is 248 g/mol. The van der Waals surface area contributed by atoms with Crippen molar-refractivity contribution >= 4 is 27.7 Å². The molecule has 2 amide bonds. The molecule has 0 bridgehead atoms. The van der Waals surface area contributed by atoms with Gasteiger partial charge in [0.05, 0.1) is 11.4 Å². The van der Waals surface area contributed by atoms with Crippen LogP contribution in [-0.2, 0) is 9.59 Å². The first-order valence-corrected chi connectivity index (χ1v) is 5.26. The number of carbonyl (C=O) groups excluding carboxylic acids is 2. The van der Waals surface area contributed by atoms with E-state index in [4.69, 9.17) is 0 Å². The minimum absolute atomic E-state index is 0.0114. The van der Waals surface area contributed by atoms with E-state index in [1.54, 1.807) is 4.90 Å². The van der Waals surface area contributed by atoms with Gasteiger partial charge in [-0.2, -0.15) is 0 Å². The van der Waals surface area contributed by atoms with Crippen LogP contribution in [0.2, 0.25) is 0 Å². The van der Waals surface area contributed by atoms with E-state index in [0.29, 0.717) is 13.1 Å². The fourth-order valence-electron chi connectivity index (χ4n) is 1.20. The Morgan fingerprint density at radius 3 is 3.00 bits per heavy atom. The molecule has 4 nitrogen and oxygen atoms in total. The highest BCUT2D eigenvalue weighted by Crippen LogP contribution is 2.09. The maximum Gasteiger partial charge on any atom is 0.239 e. The van der Waals surface area contributed by atoms with Crippen LogP contribution in [-0.4, -0.2) is 41.2 Å². The standard InChI is InChI=1S/C8H13BrN2O2/c1-2-6(9)8(13)11-4-3-10-7(12)5-11/h6H,2-5H2,1H3,(H,10,12). The molecule has 0 aromatic rings. The van der Waals surface area contributed by atoms with Crippen LogP contribution in [0.25, 0.3) is 0 Å². The number of nitrogens with one attached hydrogen (secondary N) is 1. The van der Waals surface area contributed by atoms with Crippen LogP contribution in [0.5, 0.6) is 0 Å². The number of nitrogens with zero attached hydrogens (tertiary/aromatic N) is 1. The van der Waals surface area contributed by atoms with E-state index in [0.717, 1.165) is 6.42 Å². The summed E-state index contributed by atoms with van der Waals surface area (Å²) < 4.78 is 0. The van der Waals surface area contributed by atoms with E-state index in [1.807, 2.05) is 6.92 Å². The number of piperazine rings is 1. The quantitative estimate of drug-likeness (QED) is 0.706. The number of rotatable bonds is 2. The van der Waals surface area contributed by atoms with Gasteiger partial charge in [-0.3, -0.25) is 9.59 Å². The highest BCUT2D eigenvalue weighted by Gasteiger charge is 2.24. The van der Waals surface area contributed by atoms with E-state index >= 15 is 0 Å². The van der Waals surface area contributed by atoms with Gasteiger partial charge in [-0.15, -0.1) is 0 Å². The molecule has 1 aliphatic rings. The highest BCUT2D eigenvalue weighted by molar-refractivity contribution is 9.10. The van der Waals surface area contributed by atoms with Crippen molar-refractivity contribution in [2.75, 3.05) is 19.6 Å². The van der Waals surface area contributed by atoms with Crippen molar-refractivity contribution < 1.29 is 9.59 Å². The van der Waals surface area contributed by atoms with Crippen LogP contribution in [0.3, 0.4) is 0 Å². The first kappa shape index (κ1) is 10.5.